The van der Waals surface area contributed by atoms with Crippen molar-refractivity contribution in [2.75, 3.05) is 31.6 Å². The van der Waals surface area contributed by atoms with Crippen molar-refractivity contribution in [3.63, 3.8) is 0 Å². The van der Waals surface area contributed by atoms with Gasteiger partial charge in [0, 0.05) is 24.8 Å². The summed E-state index contributed by atoms with van der Waals surface area (Å²) in [5.74, 6) is 1.01. The van der Waals surface area contributed by atoms with Gasteiger partial charge in [-0.2, -0.15) is 0 Å². The molecule has 0 atom stereocenters. The summed E-state index contributed by atoms with van der Waals surface area (Å²) in [6, 6.07) is 7.72. The summed E-state index contributed by atoms with van der Waals surface area (Å²) >= 11 is 0. The van der Waals surface area contributed by atoms with Crippen LogP contribution in [0.3, 0.4) is 0 Å². The van der Waals surface area contributed by atoms with Gasteiger partial charge in [0.15, 0.2) is 0 Å². The summed E-state index contributed by atoms with van der Waals surface area (Å²) in [5.41, 5.74) is 0.927. The smallest absolute Gasteiger partial charge is 0.241 e. The average molecular weight is 262 g/mol. The molecule has 104 valence electrons. The van der Waals surface area contributed by atoms with Crippen molar-refractivity contribution in [3.05, 3.63) is 24.3 Å². The zero-order chi connectivity index (χ0) is 13.5. The van der Waals surface area contributed by atoms with Crippen molar-refractivity contribution in [1.29, 1.82) is 0 Å². The molecule has 0 spiro atoms. The predicted octanol–water partition coefficient (Wildman–Crippen LogP) is 2.51. The third-order valence-corrected chi connectivity index (χ3v) is 3.30. The Kier molecular flexibility index (Phi) is 5.07. The van der Waals surface area contributed by atoms with Crippen molar-refractivity contribution in [1.82, 2.24) is 4.90 Å². The molecule has 1 saturated heterocycles. The SMILES string of the molecule is CCOc1cccc(NCC(=O)N2CCCCC2)c1. The Morgan fingerprint density at radius 2 is 2.11 bits per heavy atom. The molecule has 1 aromatic carbocycles. The lowest BCUT2D eigenvalue weighted by Crippen LogP contribution is -2.39. The van der Waals surface area contributed by atoms with Crippen molar-refractivity contribution >= 4 is 11.6 Å². The third-order valence-electron chi connectivity index (χ3n) is 3.30. The molecule has 1 aliphatic rings. The Morgan fingerprint density at radius 1 is 1.32 bits per heavy atom. The highest BCUT2D eigenvalue weighted by molar-refractivity contribution is 5.81. The number of anilines is 1. The number of hydrogen-bond donors (Lipinski definition) is 1. The van der Waals surface area contributed by atoms with Crippen LogP contribution < -0.4 is 10.1 Å². The Balaban J connectivity index is 1.83. The Morgan fingerprint density at radius 3 is 2.84 bits per heavy atom. The molecular weight excluding hydrogens is 240 g/mol. The molecule has 0 radical (unpaired) electrons. The number of carbonyl (C=O) groups excluding carboxylic acids is 1. The average Bonchev–Trinajstić information content (AvgIpc) is 2.46. The maximum absolute atomic E-state index is 12.0. The maximum atomic E-state index is 12.0. The first-order valence-corrected chi connectivity index (χ1v) is 7.04. The molecule has 4 nitrogen and oxygen atoms in total. The summed E-state index contributed by atoms with van der Waals surface area (Å²) < 4.78 is 5.43. The summed E-state index contributed by atoms with van der Waals surface area (Å²) in [7, 11) is 0. The van der Waals surface area contributed by atoms with Crippen molar-refractivity contribution < 1.29 is 9.53 Å². The minimum Gasteiger partial charge on any atom is -0.494 e. The normalized spacial score (nSPS) is 15.1. The number of hydrogen-bond acceptors (Lipinski definition) is 3. The van der Waals surface area contributed by atoms with Crippen LogP contribution in [0.25, 0.3) is 0 Å². The summed E-state index contributed by atoms with van der Waals surface area (Å²) in [6.07, 6.45) is 3.50. The van der Waals surface area contributed by atoms with E-state index < -0.39 is 0 Å². The fraction of sp³-hybridized carbons (Fsp3) is 0.533. The van der Waals surface area contributed by atoms with Crippen LogP contribution in [-0.4, -0.2) is 37.0 Å². The first-order valence-electron chi connectivity index (χ1n) is 7.04. The molecule has 1 N–H and O–H groups in total. The van der Waals surface area contributed by atoms with E-state index in [9.17, 15) is 4.79 Å². The zero-order valence-electron chi connectivity index (χ0n) is 11.5. The van der Waals surface area contributed by atoms with Crippen LogP contribution in [0.2, 0.25) is 0 Å². The van der Waals surface area contributed by atoms with Gasteiger partial charge < -0.3 is 15.0 Å². The Hall–Kier alpha value is -1.71. The van der Waals surface area contributed by atoms with E-state index in [1.807, 2.05) is 36.1 Å². The molecule has 4 heteroatoms. The number of rotatable bonds is 5. The lowest BCUT2D eigenvalue weighted by atomic mass is 10.1. The van der Waals surface area contributed by atoms with Gasteiger partial charge in [-0.15, -0.1) is 0 Å². The lowest BCUT2D eigenvalue weighted by molar-refractivity contribution is -0.130. The second kappa shape index (κ2) is 7.02. The lowest BCUT2D eigenvalue weighted by Gasteiger charge is -2.26. The Bertz CT molecular complexity index is 414. The monoisotopic (exact) mass is 262 g/mol. The van der Waals surface area contributed by atoms with Gasteiger partial charge in [-0.1, -0.05) is 6.07 Å². The van der Waals surface area contributed by atoms with E-state index in [4.69, 9.17) is 4.74 Å². The fourth-order valence-electron chi connectivity index (χ4n) is 2.30. The number of benzene rings is 1. The number of nitrogens with one attached hydrogen (secondary N) is 1. The first-order chi connectivity index (χ1) is 9.29. The molecule has 1 aromatic rings. The first kappa shape index (κ1) is 13.7. The summed E-state index contributed by atoms with van der Waals surface area (Å²) in [5, 5.41) is 3.17. The van der Waals surface area contributed by atoms with Crippen LogP contribution in [0.15, 0.2) is 24.3 Å². The van der Waals surface area contributed by atoms with E-state index in [1.54, 1.807) is 0 Å². The van der Waals surface area contributed by atoms with E-state index in [0.717, 1.165) is 37.4 Å². The van der Waals surface area contributed by atoms with E-state index >= 15 is 0 Å². The van der Waals surface area contributed by atoms with Gasteiger partial charge in [-0.05, 0) is 38.3 Å². The van der Waals surface area contributed by atoms with E-state index in [-0.39, 0.29) is 5.91 Å². The van der Waals surface area contributed by atoms with Crippen LogP contribution in [0.5, 0.6) is 5.75 Å². The van der Waals surface area contributed by atoms with Crippen molar-refractivity contribution in [2.45, 2.75) is 26.2 Å². The number of ether oxygens (including phenoxy) is 1. The standard InChI is InChI=1S/C15H22N2O2/c1-2-19-14-8-6-7-13(11-14)16-12-15(18)17-9-4-3-5-10-17/h6-8,11,16H,2-5,9-10,12H2,1H3. The molecule has 0 unspecified atom stereocenters. The van der Waals surface area contributed by atoms with Crippen LogP contribution >= 0.6 is 0 Å². The highest BCUT2D eigenvalue weighted by Gasteiger charge is 2.15. The summed E-state index contributed by atoms with van der Waals surface area (Å²) in [4.78, 5) is 14.0. The fourth-order valence-corrected chi connectivity index (χ4v) is 2.30. The number of amides is 1. The second-order valence-corrected chi connectivity index (χ2v) is 4.76. The van der Waals surface area contributed by atoms with E-state index in [2.05, 4.69) is 5.32 Å². The molecule has 0 aromatic heterocycles. The van der Waals surface area contributed by atoms with Crippen molar-refractivity contribution in [3.8, 4) is 5.75 Å². The molecular formula is C15H22N2O2. The quantitative estimate of drug-likeness (QED) is 0.886. The molecule has 1 amide bonds. The van der Waals surface area contributed by atoms with Crippen LogP contribution in [0.4, 0.5) is 5.69 Å². The Labute approximate surface area is 114 Å². The van der Waals surface area contributed by atoms with Crippen molar-refractivity contribution in [2.24, 2.45) is 0 Å². The molecule has 0 saturated carbocycles. The molecule has 1 aliphatic heterocycles. The molecule has 1 fully saturated rings. The molecule has 19 heavy (non-hydrogen) atoms. The highest BCUT2D eigenvalue weighted by atomic mass is 16.5. The van der Waals surface area contributed by atoms with E-state index in [0.29, 0.717) is 13.2 Å². The van der Waals surface area contributed by atoms with Gasteiger partial charge in [0.25, 0.3) is 0 Å². The zero-order valence-corrected chi connectivity index (χ0v) is 11.5. The maximum Gasteiger partial charge on any atom is 0.241 e. The molecule has 0 aliphatic carbocycles. The van der Waals surface area contributed by atoms with Gasteiger partial charge in [0.2, 0.25) is 5.91 Å². The van der Waals surface area contributed by atoms with Gasteiger partial charge >= 0.3 is 0 Å². The minimum absolute atomic E-state index is 0.182. The van der Waals surface area contributed by atoms with Gasteiger partial charge in [-0.25, -0.2) is 0 Å². The number of piperidine rings is 1. The number of nitrogens with zero attached hydrogens (tertiary/aromatic N) is 1. The van der Waals surface area contributed by atoms with Crippen LogP contribution in [0.1, 0.15) is 26.2 Å². The highest BCUT2D eigenvalue weighted by Crippen LogP contribution is 2.17. The molecule has 2 rings (SSSR count). The molecule has 0 bridgehead atoms. The predicted molar refractivity (Wildman–Crippen MR) is 76.5 cm³/mol. The van der Waals surface area contributed by atoms with Gasteiger partial charge in [0.1, 0.15) is 5.75 Å². The largest absolute Gasteiger partial charge is 0.494 e. The van der Waals surface area contributed by atoms with Gasteiger partial charge in [-0.3, -0.25) is 4.79 Å². The van der Waals surface area contributed by atoms with Crippen LogP contribution in [-0.2, 0) is 4.79 Å². The number of likely N-dealkylation sites (tertiary alicyclic amines) is 1. The van der Waals surface area contributed by atoms with E-state index in [1.165, 1.54) is 6.42 Å². The summed E-state index contributed by atoms with van der Waals surface area (Å²) in [6.45, 7) is 4.77. The second-order valence-electron chi connectivity index (χ2n) is 4.76. The molecule has 1 heterocycles. The minimum atomic E-state index is 0.182. The van der Waals surface area contributed by atoms with Gasteiger partial charge in [0.05, 0.1) is 13.2 Å². The third kappa shape index (κ3) is 4.16. The topological polar surface area (TPSA) is 41.6 Å². The van der Waals surface area contributed by atoms with Crippen LogP contribution in [0, 0.1) is 0 Å². The number of carbonyl (C=O) groups is 1.